The van der Waals surface area contributed by atoms with E-state index in [9.17, 15) is 23.1 Å². The topological polar surface area (TPSA) is 68.7 Å². The predicted octanol–water partition coefficient (Wildman–Crippen LogP) is 8.27. The highest BCUT2D eigenvalue weighted by atomic mass is 32.2. The molecule has 0 saturated heterocycles. The quantitative estimate of drug-likeness (QED) is 0.188. The van der Waals surface area contributed by atoms with Crippen LogP contribution in [0.3, 0.4) is 0 Å². The fourth-order valence-corrected chi connectivity index (χ4v) is 5.97. The number of thiazole rings is 1. The number of aromatic nitrogens is 1. The first-order valence-corrected chi connectivity index (χ1v) is 14.1. The highest BCUT2D eigenvalue weighted by Crippen LogP contribution is 2.37. The zero-order valence-corrected chi connectivity index (χ0v) is 24.0. The Kier molecular flexibility index (Phi) is 8.80. The summed E-state index contributed by atoms with van der Waals surface area (Å²) in [5, 5.41) is 10.0. The summed E-state index contributed by atoms with van der Waals surface area (Å²) in [6, 6.07) is 18.3. The Hall–Kier alpha value is -3.50. The number of alkyl halides is 3. The molecule has 3 aromatic carbocycles. The number of hydrogen-bond acceptors (Lipinski definition) is 6. The van der Waals surface area contributed by atoms with Crippen molar-refractivity contribution in [2.75, 3.05) is 7.11 Å². The van der Waals surface area contributed by atoms with Gasteiger partial charge in [0.1, 0.15) is 16.5 Å². The lowest BCUT2D eigenvalue weighted by molar-refractivity contribution is -0.152. The zero-order valence-electron chi connectivity index (χ0n) is 22.3. The maximum Gasteiger partial charge on any atom is 0.416 e. The van der Waals surface area contributed by atoms with E-state index in [2.05, 4.69) is 0 Å². The zero-order chi connectivity index (χ0) is 29.1. The van der Waals surface area contributed by atoms with Crippen molar-refractivity contribution < 1.29 is 32.5 Å². The Labute approximate surface area is 239 Å². The van der Waals surface area contributed by atoms with Crippen LogP contribution in [0.2, 0.25) is 0 Å². The van der Waals surface area contributed by atoms with Crippen LogP contribution in [0.5, 0.6) is 11.5 Å². The molecule has 4 aromatic rings. The minimum absolute atomic E-state index is 0.499. The number of nitrogens with zero attached hydrogens (tertiary/aromatic N) is 1. The van der Waals surface area contributed by atoms with Crippen LogP contribution in [0.25, 0.3) is 10.6 Å². The molecular weight excluding hydrogens is 559 g/mol. The van der Waals surface area contributed by atoms with E-state index in [-0.39, 0.29) is 0 Å². The van der Waals surface area contributed by atoms with E-state index in [0.717, 1.165) is 44.5 Å². The number of carbonyl (C=O) groups is 1. The van der Waals surface area contributed by atoms with E-state index in [1.165, 1.54) is 37.3 Å². The second-order valence-corrected chi connectivity index (χ2v) is 11.8. The molecule has 0 aliphatic heterocycles. The Morgan fingerprint density at radius 1 is 1.02 bits per heavy atom. The van der Waals surface area contributed by atoms with Crippen LogP contribution >= 0.6 is 23.1 Å². The number of carboxylic acid groups (broad SMARTS) is 1. The fraction of sp³-hybridized carbons (Fsp3) is 0.267. The van der Waals surface area contributed by atoms with Crippen LogP contribution in [0, 0.1) is 6.92 Å². The third kappa shape index (κ3) is 7.17. The van der Waals surface area contributed by atoms with Crippen LogP contribution in [-0.2, 0) is 23.1 Å². The normalized spacial score (nSPS) is 11.9. The second-order valence-electron chi connectivity index (χ2n) is 9.62. The van der Waals surface area contributed by atoms with E-state index < -0.39 is 23.3 Å². The van der Waals surface area contributed by atoms with Crippen molar-refractivity contribution >= 4 is 29.1 Å². The third-order valence-electron chi connectivity index (χ3n) is 6.16. The molecule has 10 heteroatoms. The van der Waals surface area contributed by atoms with Gasteiger partial charge in [0.05, 0.1) is 18.4 Å². The van der Waals surface area contributed by atoms with Gasteiger partial charge in [0.2, 0.25) is 0 Å². The lowest BCUT2D eigenvalue weighted by Crippen LogP contribution is -2.38. The molecule has 0 aliphatic carbocycles. The molecule has 0 saturated carbocycles. The smallest absolute Gasteiger partial charge is 0.416 e. The summed E-state index contributed by atoms with van der Waals surface area (Å²) in [7, 11) is 1.61. The fourth-order valence-electron chi connectivity index (χ4n) is 3.79. The number of thioether (sulfide) groups is 1. The number of aliphatic carboxylic acids is 1. The van der Waals surface area contributed by atoms with Gasteiger partial charge in [-0.3, -0.25) is 0 Å². The molecule has 0 radical (unpaired) electrons. The molecule has 4 rings (SSSR count). The molecule has 0 spiro atoms. The molecule has 1 aromatic heterocycles. The molecule has 0 aliphatic rings. The van der Waals surface area contributed by atoms with Crippen molar-refractivity contribution in [2.24, 2.45) is 0 Å². The van der Waals surface area contributed by atoms with Crippen molar-refractivity contribution in [1.29, 1.82) is 0 Å². The summed E-state index contributed by atoms with van der Waals surface area (Å²) in [6.45, 7) is 4.86. The Bertz CT molecular complexity index is 1480. The van der Waals surface area contributed by atoms with Crippen LogP contribution in [-0.4, -0.2) is 28.8 Å². The van der Waals surface area contributed by atoms with Gasteiger partial charge in [0.25, 0.3) is 0 Å². The van der Waals surface area contributed by atoms with Gasteiger partial charge < -0.3 is 14.6 Å². The monoisotopic (exact) mass is 587 g/mol. The Morgan fingerprint density at radius 3 is 2.27 bits per heavy atom. The average Bonchev–Trinajstić information content (AvgIpc) is 3.31. The van der Waals surface area contributed by atoms with Crippen LogP contribution in [0.15, 0.2) is 71.6 Å². The minimum atomic E-state index is -4.40. The molecular formula is C30H28F3NO4S2. The number of ether oxygens (including phenoxy) is 2. The number of rotatable bonds is 10. The van der Waals surface area contributed by atoms with Gasteiger partial charge in [-0.1, -0.05) is 24.3 Å². The van der Waals surface area contributed by atoms with E-state index in [1.807, 2.05) is 43.3 Å². The van der Waals surface area contributed by atoms with Gasteiger partial charge in [-0.15, -0.1) is 23.1 Å². The molecule has 0 amide bonds. The summed E-state index contributed by atoms with van der Waals surface area (Å²) >= 11 is 3.06. The predicted molar refractivity (Wildman–Crippen MR) is 151 cm³/mol. The van der Waals surface area contributed by atoms with Gasteiger partial charge in [-0.25, -0.2) is 9.78 Å². The second kappa shape index (κ2) is 11.9. The third-order valence-corrected chi connectivity index (χ3v) is 8.51. The van der Waals surface area contributed by atoms with E-state index in [0.29, 0.717) is 28.5 Å². The van der Waals surface area contributed by atoms with Crippen LogP contribution in [0.1, 0.15) is 41.1 Å². The number of methoxy groups -OCH3 is 1. The number of carboxylic acids is 1. The molecule has 5 nitrogen and oxygen atoms in total. The highest BCUT2D eigenvalue weighted by molar-refractivity contribution is 7.98. The van der Waals surface area contributed by atoms with Crippen molar-refractivity contribution in [3.05, 3.63) is 94.0 Å². The maximum atomic E-state index is 13.1. The lowest BCUT2D eigenvalue weighted by atomic mass is 10.1. The molecule has 0 fully saturated rings. The summed E-state index contributed by atoms with van der Waals surface area (Å²) < 4.78 is 50.1. The van der Waals surface area contributed by atoms with Gasteiger partial charge in [-0.2, -0.15) is 13.2 Å². The standard InChI is InChI=1S/C30H28F3NO4S2/c1-18-15-23(13-14-25(18)38-29(2,3)28(35)36)39-17-26-24(16-19-5-11-22(37-4)12-6-19)34-27(40-26)20-7-9-21(10-8-20)30(31,32)33/h5-15H,16-17H2,1-4H3,(H,35,36). The molecule has 40 heavy (non-hydrogen) atoms. The van der Waals surface area contributed by atoms with Crippen LogP contribution < -0.4 is 9.47 Å². The number of benzene rings is 3. The van der Waals surface area contributed by atoms with Crippen molar-refractivity contribution in [3.8, 4) is 22.1 Å². The van der Waals surface area contributed by atoms with Gasteiger partial charge in [0.15, 0.2) is 5.60 Å². The first kappa shape index (κ1) is 29.5. The van der Waals surface area contributed by atoms with E-state index in [4.69, 9.17) is 14.5 Å². The average molecular weight is 588 g/mol. The first-order chi connectivity index (χ1) is 18.9. The van der Waals surface area contributed by atoms with Gasteiger partial charge in [0, 0.05) is 27.5 Å². The first-order valence-electron chi connectivity index (χ1n) is 12.3. The van der Waals surface area contributed by atoms with Gasteiger partial charge in [-0.05, 0) is 74.4 Å². The van der Waals surface area contributed by atoms with Crippen LogP contribution in [0.4, 0.5) is 13.2 Å². The minimum Gasteiger partial charge on any atom is -0.497 e. The molecule has 0 atom stereocenters. The SMILES string of the molecule is COc1ccc(Cc2nc(-c3ccc(C(F)(F)F)cc3)sc2CSc2ccc(OC(C)(C)C(=O)O)c(C)c2)cc1. The summed E-state index contributed by atoms with van der Waals surface area (Å²) in [4.78, 5) is 18.2. The molecule has 1 N–H and O–H groups in total. The van der Waals surface area contributed by atoms with E-state index >= 15 is 0 Å². The highest BCUT2D eigenvalue weighted by Gasteiger charge is 2.31. The van der Waals surface area contributed by atoms with E-state index in [1.54, 1.807) is 24.9 Å². The Balaban J connectivity index is 1.58. The maximum absolute atomic E-state index is 13.1. The Morgan fingerprint density at radius 2 is 1.70 bits per heavy atom. The lowest BCUT2D eigenvalue weighted by Gasteiger charge is -2.23. The van der Waals surface area contributed by atoms with Crippen molar-refractivity contribution in [2.45, 2.75) is 49.6 Å². The summed E-state index contributed by atoms with van der Waals surface area (Å²) in [5.74, 6) is 0.797. The molecule has 210 valence electrons. The van der Waals surface area contributed by atoms with Crippen molar-refractivity contribution in [1.82, 2.24) is 4.98 Å². The number of halogens is 3. The van der Waals surface area contributed by atoms with Gasteiger partial charge >= 0.3 is 12.1 Å². The molecule has 0 bridgehead atoms. The summed E-state index contributed by atoms with van der Waals surface area (Å²) in [6.07, 6.45) is -3.84. The number of hydrogen-bond donors (Lipinski definition) is 1. The van der Waals surface area contributed by atoms with Crippen molar-refractivity contribution in [3.63, 3.8) is 0 Å². The molecule has 0 unspecified atom stereocenters. The largest absolute Gasteiger partial charge is 0.497 e. The molecule has 1 heterocycles. The number of aryl methyl sites for hydroxylation is 1. The summed E-state index contributed by atoms with van der Waals surface area (Å²) in [5.41, 5.74) is 1.28.